The summed E-state index contributed by atoms with van der Waals surface area (Å²) in [5.74, 6) is 0. The summed E-state index contributed by atoms with van der Waals surface area (Å²) in [6.07, 6.45) is 0. The molecule has 2 atom stereocenters. The Hall–Kier alpha value is -0.210. The second-order valence-electron chi connectivity index (χ2n) is 4.52. The second kappa shape index (κ2) is 6.65. The van der Waals surface area contributed by atoms with Crippen LogP contribution >= 0.6 is 0 Å². The molecule has 0 aromatic carbocycles. The molecule has 0 aromatic rings. The van der Waals surface area contributed by atoms with Crippen LogP contribution < -0.4 is 10.5 Å². The molecule has 1 saturated heterocycles. The van der Waals surface area contributed by atoms with Crippen LogP contribution in [0.1, 0.15) is 13.8 Å². The largest absolute Gasteiger partial charge is 0.379 e. The van der Waals surface area contributed by atoms with E-state index < -0.39 is 15.3 Å². The van der Waals surface area contributed by atoms with Crippen LogP contribution in [-0.4, -0.2) is 64.0 Å². The van der Waals surface area contributed by atoms with Crippen molar-refractivity contribution in [2.24, 2.45) is 5.73 Å². The monoisotopic (exact) mass is 265 g/mol. The fourth-order valence-electron chi connectivity index (χ4n) is 1.73. The van der Waals surface area contributed by atoms with Gasteiger partial charge in [-0.1, -0.05) is 0 Å². The molecule has 0 spiro atoms. The van der Waals surface area contributed by atoms with Gasteiger partial charge in [-0.2, -0.15) is 0 Å². The second-order valence-corrected chi connectivity index (χ2v) is 6.65. The van der Waals surface area contributed by atoms with E-state index in [1.165, 1.54) is 0 Å². The van der Waals surface area contributed by atoms with Gasteiger partial charge < -0.3 is 10.5 Å². The first-order valence-corrected chi connectivity index (χ1v) is 7.51. The predicted octanol–water partition coefficient (Wildman–Crippen LogP) is -1.03. The molecule has 0 saturated carbocycles. The summed E-state index contributed by atoms with van der Waals surface area (Å²) in [5, 5.41) is -0.547. The van der Waals surface area contributed by atoms with Gasteiger partial charge in [0.05, 0.1) is 18.5 Å². The molecule has 0 bridgehead atoms. The minimum Gasteiger partial charge on any atom is -0.379 e. The molecule has 1 heterocycles. The van der Waals surface area contributed by atoms with Gasteiger partial charge in [-0.3, -0.25) is 4.90 Å². The Labute approximate surface area is 104 Å². The Morgan fingerprint density at radius 3 is 2.47 bits per heavy atom. The third-order valence-electron chi connectivity index (χ3n) is 2.86. The van der Waals surface area contributed by atoms with Crippen LogP contribution in [-0.2, 0) is 14.8 Å². The quantitative estimate of drug-likeness (QED) is 0.642. The van der Waals surface area contributed by atoms with Crippen molar-refractivity contribution in [1.29, 1.82) is 0 Å². The van der Waals surface area contributed by atoms with Crippen LogP contribution in [0.4, 0.5) is 0 Å². The number of hydrogen-bond acceptors (Lipinski definition) is 5. The van der Waals surface area contributed by atoms with E-state index >= 15 is 0 Å². The van der Waals surface area contributed by atoms with E-state index in [2.05, 4.69) is 9.62 Å². The number of sulfonamides is 1. The molecule has 0 aromatic heterocycles. The molecule has 1 fully saturated rings. The van der Waals surface area contributed by atoms with Gasteiger partial charge in [-0.15, -0.1) is 0 Å². The van der Waals surface area contributed by atoms with Gasteiger partial charge in [-0.05, 0) is 13.8 Å². The first-order chi connectivity index (χ1) is 7.95. The third-order valence-corrected chi connectivity index (χ3v) is 4.85. The SMILES string of the molecule is CC(CN1CCOCC1)NS(=O)(=O)C(C)CN. The summed E-state index contributed by atoms with van der Waals surface area (Å²) in [5.41, 5.74) is 5.37. The molecular formula is C10H23N3O3S. The van der Waals surface area contributed by atoms with Crippen LogP contribution in [0.5, 0.6) is 0 Å². The molecule has 2 unspecified atom stereocenters. The van der Waals surface area contributed by atoms with Crippen molar-refractivity contribution in [3.05, 3.63) is 0 Å². The van der Waals surface area contributed by atoms with Crippen LogP contribution in [0.2, 0.25) is 0 Å². The zero-order valence-electron chi connectivity index (χ0n) is 10.6. The highest BCUT2D eigenvalue weighted by Crippen LogP contribution is 2.02. The van der Waals surface area contributed by atoms with E-state index in [-0.39, 0.29) is 12.6 Å². The molecule has 3 N–H and O–H groups in total. The van der Waals surface area contributed by atoms with E-state index in [1.807, 2.05) is 6.92 Å². The minimum absolute atomic E-state index is 0.105. The van der Waals surface area contributed by atoms with Crippen molar-refractivity contribution < 1.29 is 13.2 Å². The zero-order valence-corrected chi connectivity index (χ0v) is 11.4. The molecule has 0 amide bonds. The standard InChI is InChI=1S/C10H23N3O3S/c1-9(8-13-3-5-16-6-4-13)12-17(14,15)10(2)7-11/h9-10,12H,3-8,11H2,1-2H3. The van der Waals surface area contributed by atoms with Crippen LogP contribution in [0, 0.1) is 0 Å². The molecule has 1 aliphatic heterocycles. The molecule has 102 valence electrons. The first-order valence-electron chi connectivity index (χ1n) is 5.97. The van der Waals surface area contributed by atoms with Crippen molar-refractivity contribution in [1.82, 2.24) is 9.62 Å². The van der Waals surface area contributed by atoms with Crippen LogP contribution in [0.15, 0.2) is 0 Å². The van der Waals surface area contributed by atoms with Gasteiger partial charge in [0.15, 0.2) is 0 Å². The number of ether oxygens (including phenoxy) is 1. The van der Waals surface area contributed by atoms with Gasteiger partial charge in [0.2, 0.25) is 10.0 Å². The van der Waals surface area contributed by atoms with E-state index in [9.17, 15) is 8.42 Å². The van der Waals surface area contributed by atoms with E-state index in [0.29, 0.717) is 6.54 Å². The maximum Gasteiger partial charge on any atom is 0.215 e. The Morgan fingerprint density at radius 2 is 1.94 bits per heavy atom. The Balaban J connectivity index is 2.40. The normalized spacial score (nSPS) is 22.3. The summed E-state index contributed by atoms with van der Waals surface area (Å²) >= 11 is 0. The van der Waals surface area contributed by atoms with Gasteiger partial charge in [0.25, 0.3) is 0 Å². The molecule has 0 aliphatic carbocycles. The Morgan fingerprint density at radius 1 is 1.35 bits per heavy atom. The lowest BCUT2D eigenvalue weighted by Crippen LogP contribution is -2.48. The maximum absolute atomic E-state index is 11.8. The summed E-state index contributed by atoms with van der Waals surface area (Å²) < 4.78 is 31.5. The molecule has 0 radical (unpaired) electrons. The minimum atomic E-state index is -3.29. The summed E-state index contributed by atoms with van der Waals surface area (Å²) in [6.45, 7) is 7.49. The van der Waals surface area contributed by atoms with E-state index in [4.69, 9.17) is 10.5 Å². The number of nitrogens with zero attached hydrogens (tertiary/aromatic N) is 1. The number of morpholine rings is 1. The van der Waals surface area contributed by atoms with Crippen molar-refractivity contribution in [2.45, 2.75) is 25.1 Å². The predicted molar refractivity (Wildman–Crippen MR) is 67.3 cm³/mol. The molecule has 1 aliphatic rings. The van der Waals surface area contributed by atoms with E-state index in [0.717, 1.165) is 26.3 Å². The van der Waals surface area contributed by atoms with E-state index in [1.54, 1.807) is 6.92 Å². The third kappa shape index (κ3) is 4.89. The summed E-state index contributed by atoms with van der Waals surface area (Å²) in [6, 6.07) is -0.105. The molecule has 6 nitrogen and oxygen atoms in total. The van der Waals surface area contributed by atoms with Crippen molar-refractivity contribution in [2.75, 3.05) is 39.4 Å². The highest BCUT2D eigenvalue weighted by atomic mass is 32.2. The number of rotatable bonds is 6. The molecule has 7 heteroatoms. The maximum atomic E-state index is 11.8. The fraction of sp³-hybridized carbons (Fsp3) is 1.00. The van der Waals surface area contributed by atoms with Crippen LogP contribution in [0.3, 0.4) is 0 Å². The summed E-state index contributed by atoms with van der Waals surface area (Å²) in [7, 11) is -3.29. The molecule has 1 rings (SSSR count). The van der Waals surface area contributed by atoms with Crippen LogP contribution in [0.25, 0.3) is 0 Å². The van der Waals surface area contributed by atoms with Crippen molar-refractivity contribution in [3.8, 4) is 0 Å². The Kier molecular flexibility index (Phi) is 5.81. The number of nitrogens with two attached hydrogens (primary N) is 1. The fourth-order valence-corrected chi connectivity index (χ4v) is 2.85. The highest BCUT2D eigenvalue weighted by Gasteiger charge is 2.22. The van der Waals surface area contributed by atoms with Gasteiger partial charge >= 0.3 is 0 Å². The molecular weight excluding hydrogens is 242 g/mol. The van der Waals surface area contributed by atoms with Crippen molar-refractivity contribution in [3.63, 3.8) is 0 Å². The topological polar surface area (TPSA) is 84.7 Å². The lowest BCUT2D eigenvalue weighted by Gasteiger charge is -2.29. The average molecular weight is 265 g/mol. The van der Waals surface area contributed by atoms with Gasteiger partial charge in [0.1, 0.15) is 0 Å². The zero-order chi connectivity index (χ0) is 12.9. The lowest BCUT2D eigenvalue weighted by molar-refractivity contribution is 0.0354. The average Bonchev–Trinajstić information content (AvgIpc) is 2.28. The number of nitrogens with one attached hydrogen (secondary N) is 1. The first kappa shape index (κ1) is 14.8. The smallest absolute Gasteiger partial charge is 0.215 e. The summed E-state index contributed by atoms with van der Waals surface area (Å²) in [4.78, 5) is 2.20. The highest BCUT2D eigenvalue weighted by molar-refractivity contribution is 7.90. The van der Waals surface area contributed by atoms with Gasteiger partial charge in [0, 0.05) is 32.2 Å². The Bertz CT molecular complexity index is 315. The number of hydrogen-bond donors (Lipinski definition) is 2. The van der Waals surface area contributed by atoms with Crippen molar-refractivity contribution >= 4 is 10.0 Å². The van der Waals surface area contributed by atoms with Gasteiger partial charge in [-0.25, -0.2) is 13.1 Å². The molecule has 17 heavy (non-hydrogen) atoms. The lowest BCUT2D eigenvalue weighted by atomic mass is 10.3.